The molecule has 6 nitrogen and oxygen atoms in total. The standard InChI is InChI=1S/C11H10O6.Na.H/c1-6(12)16-9-4-3-8(11(14)15)5-10(9)17-7(2)13;;/h3-5H,1-2H3,(H,14,15);;/q;+1;-1. The van der Waals surface area contributed by atoms with Gasteiger partial charge < -0.3 is 16.0 Å². The Balaban J connectivity index is 0. The second kappa shape index (κ2) is 7.15. The van der Waals surface area contributed by atoms with Crippen molar-refractivity contribution in [3.05, 3.63) is 23.8 Å². The predicted molar refractivity (Wildman–Crippen MR) is 57.1 cm³/mol. The first kappa shape index (κ1) is 16.6. The SMILES string of the molecule is CC(=O)Oc1ccc(C(=O)O)cc1OC(C)=O.[H-].[Na+]. The van der Waals surface area contributed by atoms with E-state index >= 15 is 0 Å². The Bertz CT molecular complexity index is 488. The topological polar surface area (TPSA) is 89.9 Å². The maximum atomic E-state index is 10.8. The fourth-order valence-corrected chi connectivity index (χ4v) is 1.11. The Kier molecular flexibility index (Phi) is 6.61. The van der Waals surface area contributed by atoms with Crippen molar-refractivity contribution in [2.24, 2.45) is 0 Å². The number of benzene rings is 1. The van der Waals surface area contributed by atoms with E-state index in [2.05, 4.69) is 0 Å². The fraction of sp³-hybridized carbons (Fsp3) is 0.182. The molecule has 0 heterocycles. The zero-order valence-electron chi connectivity index (χ0n) is 11.2. The number of carbonyl (C=O) groups is 3. The van der Waals surface area contributed by atoms with Crippen molar-refractivity contribution < 1.29 is 59.9 Å². The first-order valence-electron chi connectivity index (χ1n) is 4.64. The van der Waals surface area contributed by atoms with Gasteiger partial charge in [0.15, 0.2) is 11.5 Å². The van der Waals surface area contributed by atoms with Crippen molar-refractivity contribution >= 4 is 17.9 Å². The van der Waals surface area contributed by atoms with Gasteiger partial charge in [0.05, 0.1) is 5.56 Å². The zero-order chi connectivity index (χ0) is 13.0. The Morgan fingerprint density at radius 1 is 1.06 bits per heavy atom. The van der Waals surface area contributed by atoms with Crippen molar-refractivity contribution in [1.82, 2.24) is 0 Å². The van der Waals surface area contributed by atoms with Crippen LogP contribution < -0.4 is 39.0 Å². The van der Waals surface area contributed by atoms with Crippen LogP contribution in [0.5, 0.6) is 11.5 Å². The van der Waals surface area contributed by atoms with Gasteiger partial charge >= 0.3 is 47.5 Å². The van der Waals surface area contributed by atoms with Crippen molar-refractivity contribution in [2.45, 2.75) is 13.8 Å². The molecule has 0 saturated heterocycles. The van der Waals surface area contributed by atoms with Crippen LogP contribution in [-0.4, -0.2) is 23.0 Å². The molecule has 1 N–H and O–H groups in total. The van der Waals surface area contributed by atoms with E-state index in [9.17, 15) is 14.4 Å². The number of hydrogen-bond acceptors (Lipinski definition) is 5. The number of hydrogen-bond donors (Lipinski definition) is 1. The summed E-state index contributed by atoms with van der Waals surface area (Å²) in [4.78, 5) is 32.3. The molecule has 0 amide bonds. The smallest absolute Gasteiger partial charge is 1.00 e. The molecular weight excluding hydrogens is 251 g/mol. The maximum absolute atomic E-state index is 10.8. The third-order valence-electron chi connectivity index (χ3n) is 1.70. The Labute approximate surface area is 127 Å². The molecule has 92 valence electrons. The molecule has 1 rings (SSSR count). The van der Waals surface area contributed by atoms with Crippen LogP contribution in [0, 0.1) is 0 Å². The van der Waals surface area contributed by atoms with Crippen molar-refractivity contribution in [3.8, 4) is 11.5 Å². The summed E-state index contributed by atoms with van der Waals surface area (Å²) in [6, 6.07) is 3.61. The molecule has 0 aliphatic rings. The first-order valence-corrected chi connectivity index (χ1v) is 4.64. The van der Waals surface area contributed by atoms with Crippen LogP contribution in [0.15, 0.2) is 18.2 Å². The van der Waals surface area contributed by atoms with Gasteiger partial charge in [-0.2, -0.15) is 0 Å². The van der Waals surface area contributed by atoms with Gasteiger partial charge in [0.25, 0.3) is 0 Å². The van der Waals surface area contributed by atoms with Gasteiger partial charge in [0.2, 0.25) is 0 Å². The summed E-state index contributed by atoms with van der Waals surface area (Å²) in [5.74, 6) is -2.51. The summed E-state index contributed by atoms with van der Waals surface area (Å²) < 4.78 is 9.53. The van der Waals surface area contributed by atoms with E-state index in [1.807, 2.05) is 0 Å². The monoisotopic (exact) mass is 262 g/mol. The van der Waals surface area contributed by atoms with Crippen molar-refractivity contribution in [2.75, 3.05) is 0 Å². The van der Waals surface area contributed by atoms with Crippen LogP contribution in [0.4, 0.5) is 0 Å². The number of carboxylic acid groups (broad SMARTS) is 1. The summed E-state index contributed by atoms with van der Waals surface area (Å²) in [7, 11) is 0. The van der Waals surface area contributed by atoms with Gasteiger partial charge in [-0.3, -0.25) is 9.59 Å². The van der Waals surface area contributed by atoms with E-state index < -0.39 is 17.9 Å². The molecule has 18 heavy (non-hydrogen) atoms. The van der Waals surface area contributed by atoms with Crippen LogP contribution >= 0.6 is 0 Å². The van der Waals surface area contributed by atoms with E-state index in [-0.39, 0.29) is 48.0 Å². The van der Waals surface area contributed by atoms with E-state index in [0.717, 1.165) is 13.0 Å². The normalized spacial score (nSPS) is 9.00. The average molecular weight is 262 g/mol. The molecule has 0 radical (unpaired) electrons. The Morgan fingerprint density at radius 3 is 2.00 bits per heavy atom. The third-order valence-corrected chi connectivity index (χ3v) is 1.70. The molecule has 0 bridgehead atoms. The quantitative estimate of drug-likeness (QED) is 0.399. The molecule has 0 aliphatic heterocycles. The van der Waals surface area contributed by atoms with Crippen molar-refractivity contribution in [1.29, 1.82) is 0 Å². The van der Waals surface area contributed by atoms with Crippen LogP contribution in [-0.2, 0) is 9.59 Å². The Hall–Kier alpha value is -1.37. The largest absolute Gasteiger partial charge is 1.00 e. The molecule has 1 aromatic carbocycles. The van der Waals surface area contributed by atoms with Crippen LogP contribution in [0.3, 0.4) is 0 Å². The molecule has 7 heteroatoms. The number of carbonyl (C=O) groups excluding carboxylic acids is 2. The number of carboxylic acids is 1. The summed E-state index contributed by atoms with van der Waals surface area (Å²) in [5, 5.41) is 8.77. The summed E-state index contributed by atoms with van der Waals surface area (Å²) in [6.45, 7) is 2.34. The van der Waals surface area contributed by atoms with Gasteiger partial charge in [-0.25, -0.2) is 4.79 Å². The minimum absolute atomic E-state index is 0. The molecule has 0 aromatic heterocycles. The molecule has 0 unspecified atom stereocenters. The second-order valence-electron chi connectivity index (χ2n) is 3.15. The van der Waals surface area contributed by atoms with Gasteiger partial charge in [-0.1, -0.05) is 0 Å². The van der Waals surface area contributed by atoms with E-state index in [1.165, 1.54) is 19.1 Å². The zero-order valence-corrected chi connectivity index (χ0v) is 12.2. The second-order valence-corrected chi connectivity index (χ2v) is 3.15. The molecule has 1 aromatic rings. The van der Waals surface area contributed by atoms with Gasteiger partial charge in [-0.15, -0.1) is 0 Å². The average Bonchev–Trinajstić information content (AvgIpc) is 2.18. The predicted octanol–water partition coefficient (Wildman–Crippen LogP) is -1.65. The maximum Gasteiger partial charge on any atom is 1.00 e. The molecule has 0 spiro atoms. The summed E-state index contributed by atoms with van der Waals surface area (Å²) in [5.41, 5.74) is -0.0721. The third kappa shape index (κ3) is 4.87. The molecule has 0 atom stereocenters. The molecule has 0 saturated carbocycles. The molecule has 0 aliphatic carbocycles. The fourth-order valence-electron chi connectivity index (χ4n) is 1.11. The first-order chi connectivity index (χ1) is 7.90. The summed E-state index contributed by atoms with van der Waals surface area (Å²) >= 11 is 0. The minimum atomic E-state index is -1.17. The number of ether oxygens (including phenoxy) is 2. The minimum Gasteiger partial charge on any atom is -1.00 e. The Morgan fingerprint density at radius 2 is 1.56 bits per heavy atom. The number of aromatic carboxylic acids is 1. The van der Waals surface area contributed by atoms with E-state index in [4.69, 9.17) is 14.6 Å². The van der Waals surface area contributed by atoms with Crippen LogP contribution in [0.1, 0.15) is 25.6 Å². The molecular formula is C11H11NaO6. The van der Waals surface area contributed by atoms with E-state index in [1.54, 1.807) is 0 Å². The van der Waals surface area contributed by atoms with Crippen LogP contribution in [0.2, 0.25) is 0 Å². The number of esters is 2. The van der Waals surface area contributed by atoms with Gasteiger partial charge in [0, 0.05) is 13.8 Å². The molecule has 0 fully saturated rings. The van der Waals surface area contributed by atoms with Crippen LogP contribution in [0.25, 0.3) is 0 Å². The van der Waals surface area contributed by atoms with E-state index in [0.29, 0.717) is 0 Å². The van der Waals surface area contributed by atoms with Gasteiger partial charge in [-0.05, 0) is 18.2 Å². The van der Waals surface area contributed by atoms with Crippen molar-refractivity contribution in [3.63, 3.8) is 0 Å². The summed E-state index contributed by atoms with van der Waals surface area (Å²) in [6.07, 6.45) is 0. The van der Waals surface area contributed by atoms with Gasteiger partial charge in [0.1, 0.15) is 0 Å². The number of rotatable bonds is 3.